The number of nitrogens with one attached hydrogen (secondary N) is 1. The van der Waals surface area contributed by atoms with Crippen LogP contribution in [0.3, 0.4) is 0 Å². The maximum Gasteiger partial charge on any atom is 0.339 e. The molecule has 110 valence electrons. The number of carboxylic acids is 1. The number of hydrogen-bond acceptors (Lipinski definition) is 3. The molecule has 1 aromatic carbocycles. The number of aromatic carboxylic acids is 1. The Morgan fingerprint density at radius 3 is 2.71 bits per heavy atom. The van der Waals surface area contributed by atoms with Crippen LogP contribution in [-0.2, 0) is 0 Å². The fourth-order valence-corrected chi connectivity index (χ4v) is 2.03. The molecule has 2 aromatic rings. The Balaban J connectivity index is 2.30. The quantitative estimate of drug-likeness (QED) is 0.836. The SMILES string of the molecule is Cc1ccc(C(C)Nc2nc(Cl)ccc2C(=O)O)cc1F. The van der Waals surface area contributed by atoms with Crippen LogP contribution >= 0.6 is 11.6 Å². The van der Waals surface area contributed by atoms with Gasteiger partial charge in [-0.1, -0.05) is 23.7 Å². The molecule has 0 fully saturated rings. The average molecular weight is 309 g/mol. The van der Waals surface area contributed by atoms with Crippen LogP contribution in [0.2, 0.25) is 5.15 Å². The van der Waals surface area contributed by atoms with Crippen LogP contribution < -0.4 is 5.32 Å². The van der Waals surface area contributed by atoms with Gasteiger partial charge in [-0.3, -0.25) is 0 Å². The number of aryl methyl sites for hydroxylation is 1. The molecule has 21 heavy (non-hydrogen) atoms. The van der Waals surface area contributed by atoms with Crippen molar-refractivity contribution in [2.45, 2.75) is 19.9 Å². The van der Waals surface area contributed by atoms with E-state index >= 15 is 0 Å². The van der Waals surface area contributed by atoms with Crippen molar-refractivity contribution in [2.75, 3.05) is 5.32 Å². The summed E-state index contributed by atoms with van der Waals surface area (Å²) in [5.41, 5.74) is 1.26. The van der Waals surface area contributed by atoms with Crippen molar-refractivity contribution in [3.8, 4) is 0 Å². The molecule has 4 nitrogen and oxygen atoms in total. The zero-order valence-electron chi connectivity index (χ0n) is 11.5. The van der Waals surface area contributed by atoms with Crippen molar-refractivity contribution in [1.82, 2.24) is 4.98 Å². The summed E-state index contributed by atoms with van der Waals surface area (Å²) in [5, 5.41) is 12.3. The number of hydrogen-bond donors (Lipinski definition) is 2. The normalized spacial score (nSPS) is 12.0. The molecule has 1 aromatic heterocycles. The third-order valence-electron chi connectivity index (χ3n) is 3.14. The van der Waals surface area contributed by atoms with Gasteiger partial charge in [0.25, 0.3) is 0 Å². The molecule has 0 saturated heterocycles. The first-order valence-electron chi connectivity index (χ1n) is 6.31. The highest BCUT2D eigenvalue weighted by Gasteiger charge is 2.15. The Morgan fingerprint density at radius 2 is 2.10 bits per heavy atom. The molecule has 0 bridgehead atoms. The standard InChI is InChI=1S/C15H14ClFN2O2/c1-8-3-4-10(7-12(8)17)9(2)18-14-11(15(20)21)5-6-13(16)19-14/h3-7,9H,1-2H3,(H,18,19)(H,20,21). The molecule has 2 rings (SSSR count). The van der Waals surface area contributed by atoms with Crippen LogP contribution in [0, 0.1) is 12.7 Å². The van der Waals surface area contributed by atoms with Crippen LogP contribution in [0.5, 0.6) is 0 Å². The second-order valence-electron chi connectivity index (χ2n) is 4.71. The molecule has 1 heterocycles. The molecular weight excluding hydrogens is 295 g/mol. The van der Waals surface area contributed by atoms with Gasteiger partial charge in [-0.2, -0.15) is 0 Å². The van der Waals surface area contributed by atoms with Gasteiger partial charge >= 0.3 is 5.97 Å². The Kier molecular flexibility index (Phi) is 4.43. The fraction of sp³-hybridized carbons (Fsp3) is 0.200. The number of nitrogens with zero attached hydrogens (tertiary/aromatic N) is 1. The van der Waals surface area contributed by atoms with E-state index < -0.39 is 5.97 Å². The topological polar surface area (TPSA) is 62.2 Å². The van der Waals surface area contributed by atoms with E-state index in [1.54, 1.807) is 26.0 Å². The highest BCUT2D eigenvalue weighted by molar-refractivity contribution is 6.29. The van der Waals surface area contributed by atoms with E-state index in [0.29, 0.717) is 11.1 Å². The first kappa shape index (κ1) is 15.3. The second-order valence-corrected chi connectivity index (χ2v) is 5.10. The van der Waals surface area contributed by atoms with Crippen molar-refractivity contribution in [3.63, 3.8) is 0 Å². The lowest BCUT2D eigenvalue weighted by Crippen LogP contribution is -2.12. The predicted octanol–water partition coefficient (Wildman–Crippen LogP) is 4.05. The highest BCUT2D eigenvalue weighted by atomic mass is 35.5. The van der Waals surface area contributed by atoms with Gasteiger partial charge in [0.1, 0.15) is 22.4 Å². The second kappa shape index (κ2) is 6.10. The summed E-state index contributed by atoms with van der Waals surface area (Å²) in [5.74, 6) is -1.26. The van der Waals surface area contributed by atoms with Crippen LogP contribution in [0.4, 0.5) is 10.2 Å². The van der Waals surface area contributed by atoms with Gasteiger partial charge in [0, 0.05) is 0 Å². The summed E-state index contributed by atoms with van der Waals surface area (Å²) in [6.07, 6.45) is 0. The molecule has 0 spiro atoms. The average Bonchev–Trinajstić information content (AvgIpc) is 2.41. The molecule has 1 unspecified atom stereocenters. The van der Waals surface area contributed by atoms with E-state index in [1.165, 1.54) is 18.2 Å². The van der Waals surface area contributed by atoms with Gasteiger partial charge in [-0.15, -0.1) is 0 Å². The van der Waals surface area contributed by atoms with Gasteiger partial charge in [0.05, 0.1) is 6.04 Å². The summed E-state index contributed by atoms with van der Waals surface area (Å²) >= 11 is 5.79. The molecule has 6 heteroatoms. The lowest BCUT2D eigenvalue weighted by molar-refractivity contribution is 0.0697. The Labute approximate surface area is 126 Å². The zero-order chi connectivity index (χ0) is 15.6. The largest absolute Gasteiger partial charge is 0.478 e. The molecule has 2 N–H and O–H groups in total. The van der Waals surface area contributed by atoms with Gasteiger partial charge < -0.3 is 10.4 Å². The zero-order valence-corrected chi connectivity index (χ0v) is 12.3. The van der Waals surface area contributed by atoms with Crippen LogP contribution in [0.1, 0.15) is 34.5 Å². The van der Waals surface area contributed by atoms with Crippen molar-refractivity contribution in [1.29, 1.82) is 0 Å². The molecule has 0 aliphatic rings. The van der Waals surface area contributed by atoms with Gasteiger partial charge in [-0.25, -0.2) is 14.2 Å². The summed E-state index contributed by atoms with van der Waals surface area (Å²) in [4.78, 5) is 15.1. The number of carbonyl (C=O) groups is 1. The summed E-state index contributed by atoms with van der Waals surface area (Å²) < 4.78 is 13.6. The van der Waals surface area contributed by atoms with Crippen LogP contribution in [0.15, 0.2) is 30.3 Å². The highest BCUT2D eigenvalue weighted by Crippen LogP contribution is 2.23. The van der Waals surface area contributed by atoms with Crippen LogP contribution in [-0.4, -0.2) is 16.1 Å². The maximum atomic E-state index is 13.6. The van der Waals surface area contributed by atoms with E-state index in [0.717, 1.165) is 0 Å². The number of rotatable bonds is 4. The number of pyridine rings is 1. The van der Waals surface area contributed by atoms with Crippen LogP contribution in [0.25, 0.3) is 0 Å². The minimum Gasteiger partial charge on any atom is -0.478 e. The summed E-state index contributed by atoms with van der Waals surface area (Å²) in [7, 11) is 0. The smallest absolute Gasteiger partial charge is 0.339 e. The molecule has 0 aliphatic carbocycles. The van der Waals surface area contributed by atoms with Crippen molar-refractivity contribution < 1.29 is 14.3 Å². The number of aromatic nitrogens is 1. The third kappa shape index (κ3) is 3.49. The molecule has 0 radical (unpaired) electrons. The van der Waals surface area contributed by atoms with Gasteiger partial charge in [-0.05, 0) is 43.2 Å². The molecule has 0 amide bonds. The number of halogens is 2. The van der Waals surface area contributed by atoms with Crippen molar-refractivity contribution in [3.05, 3.63) is 58.0 Å². The Bertz CT molecular complexity index is 691. The minimum absolute atomic E-state index is 0.0128. The van der Waals surface area contributed by atoms with Crippen molar-refractivity contribution >= 4 is 23.4 Å². The van der Waals surface area contributed by atoms with E-state index in [4.69, 9.17) is 16.7 Å². The molecule has 0 saturated carbocycles. The Morgan fingerprint density at radius 1 is 1.38 bits per heavy atom. The first-order valence-corrected chi connectivity index (χ1v) is 6.68. The molecular formula is C15H14ClFN2O2. The Hall–Kier alpha value is -2.14. The van der Waals surface area contributed by atoms with E-state index in [2.05, 4.69) is 10.3 Å². The van der Waals surface area contributed by atoms with E-state index in [9.17, 15) is 9.18 Å². The number of benzene rings is 1. The predicted molar refractivity (Wildman–Crippen MR) is 79.4 cm³/mol. The molecule has 0 aliphatic heterocycles. The number of anilines is 1. The van der Waals surface area contributed by atoms with Gasteiger partial charge in [0.2, 0.25) is 0 Å². The molecule has 1 atom stereocenters. The lowest BCUT2D eigenvalue weighted by Gasteiger charge is -2.17. The van der Waals surface area contributed by atoms with Crippen molar-refractivity contribution in [2.24, 2.45) is 0 Å². The van der Waals surface area contributed by atoms with E-state index in [1.807, 2.05) is 0 Å². The minimum atomic E-state index is -1.11. The maximum absolute atomic E-state index is 13.6. The summed E-state index contributed by atoms with van der Waals surface area (Å²) in [6.45, 7) is 3.47. The van der Waals surface area contributed by atoms with E-state index in [-0.39, 0.29) is 28.4 Å². The van der Waals surface area contributed by atoms with Gasteiger partial charge in [0.15, 0.2) is 0 Å². The monoisotopic (exact) mass is 308 g/mol. The lowest BCUT2D eigenvalue weighted by atomic mass is 10.1. The first-order chi connectivity index (χ1) is 9.88. The third-order valence-corrected chi connectivity index (χ3v) is 3.35. The number of carboxylic acid groups (broad SMARTS) is 1. The summed E-state index contributed by atoms with van der Waals surface area (Å²) in [6, 6.07) is 7.34. The fourth-order valence-electron chi connectivity index (χ4n) is 1.88.